The number of aryl methyl sites for hydroxylation is 1. The number of aromatic nitrogens is 1. The van der Waals surface area contributed by atoms with Gasteiger partial charge in [0.25, 0.3) is 5.91 Å². The fourth-order valence-electron chi connectivity index (χ4n) is 4.28. The molecule has 6 nitrogen and oxygen atoms in total. The quantitative estimate of drug-likeness (QED) is 0.676. The molecular weight excluding hydrogens is 366 g/mol. The molecule has 29 heavy (non-hydrogen) atoms. The van der Waals surface area contributed by atoms with Crippen molar-refractivity contribution in [1.29, 1.82) is 0 Å². The number of rotatable bonds is 5. The van der Waals surface area contributed by atoms with Crippen LogP contribution in [0.5, 0.6) is 0 Å². The molecule has 1 aliphatic carbocycles. The SMILES string of the molecule is CCOC(=O)Nc1cccc(NC(=O)c2cc(C)n(C3CCCCC3)c2C)c1C. The maximum atomic E-state index is 13.0. The summed E-state index contributed by atoms with van der Waals surface area (Å²) in [5, 5.41) is 5.73. The van der Waals surface area contributed by atoms with Crippen molar-refractivity contribution in [2.75, 3.05) is 17.2 Å². The fraction of sp³-hybridized carbons (Fsp3) is 0.478. The van der Waals surface area contributed by atoms with Crippen LogP contribution in [0.1, 0.15) is 72.4 Å². The molecule has 1 aromatic heterocycles. The number of ether oxygens (including phenoxy) is 1. The monoisotopic (exact) mass is 397 g/mol. The van der Waals surface area contributed by atoms with Crippen LogP contribution in [0.4, 0.5) is 16.2 Å². The molecule has 156 valence electrons. The van der Waals surface area contributed by atoms with Crippen molar-refractivity contribution in [3.63, 3.8) is 0 Å². The largest absolute Gasteiger partial charge is 0.450 e. The van der Waals surface area contributed by atoms with Gasteiger partial charge in [0, 0.05) is 28.8 Å². The number of nitrogens with one attached hydrogen (secondary N) is 2. The Labute approximate surface area is 172 Å². The summed E-state index contributed by atoms with van der Waals surface area (Å²) >= 11 is 0. The maximum Gasteiger partial charge on any atom is 0.411 e. The van der Waals surface area contributed by atoms with Crippen LogP contribution in [0.3, 0.4) is 0 Å². The number of anilines is 2. The first-order chi connectivity index (χ1) is 13.9. The van der Waals surface area contributed by atoms with Crippen molar-refractivity contribution in [1.82, 2.24) is 4.57 Å². The maximum absolute atomic E-state index is 13.0. The Morgan fingerprint density at radius 3 is 2.38 bits per heavy atom. The summed E-state index contributed by atoms with van der Waals surface area (Å²) in [6.07, 6.45) is 5.66. The van der Waals surface area contributed by atoms with Crippen LogP contribution in [0.25, 0.3) is 0 Å². The second-order valence-electron chi connectivity index (χ2n) is 7.72. The normalized spacial score (nSPS) is 14.5. The standard InChI is InChI=1S/C23H31N3O3/c1-5-29-23(28)25-21-13-9-12-20(16(21)3)24-22(27)19-14-15(2)26(17(19)4)18-10-7-6-8-11-18/h9,12-14,18H,5-8,10-11H2,1-4H3,(H,24,27)(H,25,28). The van der Waals surface area contributed by atoms with Gasteiger partial charge in [-0.05, 0) is 64.3 Å². The van der Waals surface area contributed by atoms with Gasteiger partial charge in [-0.3, -0.25) is 10.1 Å². The number of benzene rings is 1. The van der Waals surface area contributed by atoms with Gasteiger partial charge >= 0.3 is 6.09 Å². The van der Waals surface area contributed by atoms with Gasteiger partial charge in [-0.25, -0.2) is 4.79 Å². The van der Waals surface area contributed by atoms with E-state index in [0.717, 1.165) is 17.0 Å². The van der Waals surface area contributed by atoms with E-state index in [9.17, 15) is 9.59 Å². The van der Waals surface area contributed by atoms with Crippen LogP contribution in [-0.4, -0.2) is 23.2 Å². The lowest BCUT2D eigenvalue weighted by Crippen LogP contribution is -2.18. The van der Waals surface area contributed by atoms with Gasteiger partial charge in [0.2, 0.25) is 0 Å². The van der Waals surface area contributed by atoms with Crippen LogP contribution in [0.15, 0.2) is 24.3 Å². The first kappa shape index (κ1) is 21.0. The Morgan fingerprint density at radius 1 is 1.07 bits per heavy atom. The summed E-state index contributed by atoms with van der Waals surface area (Å²) in [6, 6.07) is 7.90. The Bertz CT molecular complexity index is 895. The van der Waals surface area contributed by atoms with Crippen LogP contribution < -0.4 is 10.6 Å². The topological polar surface area (TPSA) is 72.4 Å². The molecule has 0 unspecified atom stereocenters. The molecule has 1 aromatic carbocycles. The molecule has 0 spiro atoms. The summed E-state index contributed by atoms with van der Waals surface area (Å²) < 4.78 is 7.27. The molecule has 2 N–H and O–H groups in total. The molecule has 1 fully saturated rings. The number of hydrogen-bond acceptors (Lipinski definition) is 3. The summed E-state index contributed by atoms with van der Waals surface area (Å²) in [5.74, 6) is -0.128. The van der Waals surface area contributed by atoms with Gasteiger partial charge < -0.3 is 14.6 Å². The molecule has 2 amide bonds. The number of hydrogen-bond donors (Lipinski definition) is 2. The molecule has 3 rings (SSSR count). The van der Waals surface area contributed by atoms with Crippen molar-refractivity contribution >= 4 is 23.4 Å². The third-order valence-electron chi connectivity index (χ3n) is 5.76. The van der Waals surface area contributed by atoms with Crippen molar-refractivity contribution in [3.05, 3.63) is 46.8 Å². The summed E-state index contributed by atoms with van der Waals surface area (Å²) in [5.41, 5.74) is 4.94. The molecule has 1 heterocycles. The van der Waals surface area contributed by atoms with Gasteiger partial charge in [-0.2, -0.15) is 0 Å². The van der Waals surface area contributed by atoms with E-state index in [1.54, 1.807) is 19.1 Å². The van der Waals surface area contributed by atoms with Crippen LogP contribution in [-0.2, 0) is 4.74 Å². The van der Waals surface area contributed by atoms with Crippen LogP contribution >= 0.6 is 0 Å². The predicted molar refractivity (Wildman–Crippen MR) is 116 cm³/mol. The lowest BCUT2D eigenvalue weighted by Gasteiger charge is -2.26. The van der Waals surface area contributed by atoms with E-state index in [0.29, 0.717) is 29.6 Å². The second kappa shape index (κ2) is 9.16. The van der Waals surface area contributed by atoms with E-state index >= 15 is 0 Å². The Balaban J connectivity index is 1.79. The zero-order valence-electron chi connectivity index (χ0n) is 17.8. The lowest BCUT2D eigenvalue weighted by atomic mass is 9.95. The Morgan fingerprint density at radius 2 is 1.72 bits per heavy atom. The lowest BCUT2D eigenvalue weighted by molar-refractivity contribution is 0.102. The van der Waals surface area contributed by atoms with Gasteiger partial charge in [0.1, 0.15) is 0 Å². The van der Waals surface area contributed by atoms with Gasteiger partial charge in [0.05, 0.1) is 12.2 Å². The van der Waals surface area contributed by atoms with E-state index in [4.69, 9.17) is 4.74 Å². The average Bonchev–Trinajstić information content (AvgIpc) is 3.00. The predicted octanol–water partition coefficient (Wildman–Crippen LogP) is 5.74. The Kier molecular flexibility index (Phi) is 6.62. The molecule has 0 atom stereocenters. The molecule has 0 bridgehead atoms. The first-order valence-electron chi connectivity index (χ1n) is 10.5. The molecule has 6 heteroatoms. The molecule has 1 aliphatic rings. The highest BCUT2D eigenvalue weighted by molar-refractivity contribution is 6.06. The van der Waals surface area contributed by atoms with Crippen molar-refractivity contribution in [3.8, 4) is 0 Å². The zero-order chi connectivity index (χ0) is 21.0. The minimum absolute atomic E-state index is 0.128. The van der Waals surface area contributed by atoms with Gasteiger partial charge in [-0.15, -0.1) is 0 Å². The third kappa shape index (κ3) is 4.63. The van der Waals surface area contributed by atoms with E-state index in [1.807, 2.05) is 26.0 Å². The molecule has 0 aliphatic heterocycles. The molecule has 0 saturated heterocycles. The highest BCUT2D eigenvalue weighted by atomic mass is 16.5. The number of carbonyl (C=O) groups is 2. The van der Waals surface area contributed by atoms with E-state index in [1.165, 1.54) is 32.1 Å². The van der Waals surface area contributed by atoms with Crippen LogP contribution in [0, 0.1) is 20.8 Å². The van der Waals surface area contributed by atoms with Crippen molar-refractivity contribution in [2.45, 2.75) is 65.8 Å². The smallest absolute Gasteiger partial charge is 0.411 e. The van der Waals surface area contributed by atoms with Crippen molar-refractivity contribution in [2.24, 2.45) is 0 Å². The van der Waals surface area contributed by atoms with Gasteiger partial charge in [0.15, 0.2) is 0 Å². The van der Waals surface area contributed by atoms with Gasteiger partial charge in [-0.1, -0.05) is 25.3 Å². The fourth-order valence-corrected chi connectivity index (χ4v) is 4.28. The molecule has 1 saturated carbocycles. The Hall–Kier alpha value is -2.76. The third-order valence-corrected chi connectivity index (χ3v) is 5.76. The second-order valence-corrected chi connectivity index (χ2v) is 7.72. The van der Waals surface area contributed by atoms with E-state index < -0.39 is 6.09 Å². The average molecular weight is 398 g/mol. The highest BCUT2D eigenvalue weighted by Gasteiger charge is 2.23. The molecular formula is C23H31N3O3. The molecule has 2 aromatic rings. The summed E-state index contributed by atoms with van der Waals surface area (Å²) in [7, 11) is 0. The number of nitrogens with zero attached hydrogens (tertiary/aromatic N) is 1. The summed E-state index contributed by atoms with van der Waals surface area (Å²) in [6.45, 7) is 8.03. The number of carbonyl (C=O) groups excluding carboxylic acids is 2. The minimum atomic E-state index is -0.505. The molecule has 0 radical (unpaired) electrons. The number of amides is 2. The van der Waals surface area contributed by atoms with E-state index in [-0.39, 0.29) is 5.91 Å². The van der Waals surface area contributed by atoms with E-state index in [2.05, 4.69) is 22.1 Å². The summed E-state index contributed by atoms with van der Waals surface area (Å²) in [4.78, 5) is 24.8. The highest BCUT2D eigenvalue weighted by Crippen LogP contribution is 2.32. The zero-order valence-corrected chi connectivity index (χ0v) is 17.8. The minimum Gasteiger partial charge on any atom is -0.450 e. The van der Waals surface area contributed by atoms with Crippen molar-refractivity contribution < 1.29 is 14.3 Å². The first-order valence-corrected chi connectivity index (χ1v) is 10.5. The van der Waals surface area contributed by atoms with Crippen LogP contribution in [0.2, 0.25) is 0 Å².